The fraction of sp³-hybridized carbons (Fsp3) is 0.0714. The summed E-state index contributed by atoms with van der Waals surface area (Å²) in [7, 11) is 0. The molecule has 2 aromatic carbocycles. The Morgan fingerprint density at radius 3 is 2.55 bits per heavy atom. The number of H-pyrrole nitrogens is 1. The number of nitrogens with one attached hydrogen (secondary N) is 1. The van der Waals surface area contributed by atoms with E-state index < -0.39 is 11.7 Å². The Hall–Kier alpha value is -2.50. The van der Waals surface area contributed by atoms with Gasteiger partial charge in [0.2, 0.25) is 0 Å². The molecule has 6 heteroatoms. The van der Waals surface area contributed by atoms with Gasteiger partial charge in [0.1, 0.15) is 11.6 Å². The summed E-state index contributed by atoms with van der Waals surface area (Å²) in [6.45, 7) is 0. The summed E-state index contributed by atoms with van der Waals surface area (Å²) in [5.41, 5.74) is 0.214. The first-order valence-electron chi connectivity index (χ1n) is 5.80. The van der Waals surface area contributed by atoms with Crippen LogP contribution in [-0.2, 0) is 6.18 Å². The number of aromatic nitrogens is 2. The lowest BCUT2D eigenvalue weighted by Gasteiger charge is -2.10. The van der Waals surface area contributed by atoms with Crippen molar-refractivity contribution >= 4 is 11.0 Å². The number of halogens is 3. The Kier molecular flexibility index (Phi) is 2.67. The van der Waals surface area contributed by atoms with Crippen molar-refractivity contribution in [2.45, 2.75) is 6.18 Å². The lowest BCUT2D eigenvalue weighted by Crippen LogP contribution is -2.07. The molecule has 3 nitrogen and oxygen atoms in total. The second-order valence-corrected chi connectivity index (χ2v) is 4.33. The van der Waals surface area contributed by atoms with E-state index >= 15 is 0 Å². The van der Waals surface area contributed by atoms with Gasteiger partial charge in [-0.25, -0.2) is 4.98 Å². The minimum Gasteiger partial charge on any atom is -0.508 e. The molecule has 0 radical (unpaired) electrons. The Balaban J connectivity index is 2.21. The highest BCUT2D eigenvalue weighted by molar-refractivity contribution is 5.81. The van der Waals surface area contributed by atoms with Crippen LogP contribution >= 0.6 is 0 Å². The van der Waals surface area contributed by atoms with Crippen molar-refractivity contribution in [3.63, 3.8) is 0 Å². The van der Waals surface area contributed by atoms with Gasteiger partial charge in [-0.05, 0) is 18.2 Å². The molecule has 0 unspecified atom stereocenters. The fourth-order valence-corrected chi connectivity index (χ4v) is 2.06. The number of alkyl halides is 3. The number of fused-ring (bicyclic) bond motifs is 1. The van der Waals surface area contributed by atoms with Gasteiger partial charge in [0.25, 0.3) is 0 Å². The SMILES string of the molecule is Oc1ccc2nc(-c3ccccc3C(F)(F)F)[nH]c2c1. The molecule has 0 aliphatic rings. The molecule has 0 saturated carbocycles. The van der Waals surface area contributed by atoms with Gasteiger partial charge < -0.3 is 10.1 Å². The number of aromatic hydroxyl groups is 1. The first-order valence-corrected chi connectivity index (χ1v) is 5.80. The van der Waals surface area contributed by atoms with E-state index in [0.29, 0.717) is 11.0 Å². The zero-order valence-corrected chi connectivity index (χ0v) is 10.1. The van der Waals surface area contributed by atoms with E-state index in [9.17, 15) is 18.3 Å². The Morgan fingerprint density at radius 2 is 1.80 bits per heavy atom. The van der Waals surface area contributed by atoms with Crippen LogP contribution in [0.3, 0.4) is 0 Å². The first-order chi connectivity index (χ1) is 9.45. The van der Waals surface area contributed by atoms with E-state index in [2.05, 4.69) is 9.97 Å². The van der Waals surface area contributed by atoms with E-state index in [1.165, 1.54) is 30.3 Å². The number of nitrogens with zero attached hydrogens (tertiary/aromatic N) is 1. The van der Waals surface area contributed by atoms with Crippen molar-refractivity contribution < 1.29 is 18.3 Å². The fourth-order valence-electron chi connectivity index (χ4n) is 2.06. The third-order valence-corrected chi connectivity index (χ3v) is 2.95. The van der Waals surface area contributed by atoms with Crippen LogP contribution in [0.4, 0.5) is 13.2 Å². The number of rotatable bonds is 1. The first kappa shape index (κ1) is 12.5. The molecule has 0 aliphatic heterocycles. The van der Waals surface area contributed by atoms with Crippen LogP contribution in [0.25, 0.3) is 22.4 Å². The van der Waals surface area contributed by atoms with E-state index in [-0.39, 0.29) is 17.1 Å². The third kappa shape index (κ3) is 2.09. The van der Waals surface area contributed by atoms with Crippen LogP contribution in [0.2, 0.25) is 0 Å². The van der Waals surface area contributed by atoms with E-state index in [4.69, 9.17) is 0 Å². The molecule has 3 rings (SSSR count). The number of hydrogen-bond acceptors (Lipinski definition) is 2. The van der Waals surface area contributed by atoms with Crippen molar-refractivity contribution in [2.24, 2.45) is 0 Å². The molecule has 0 bridgehead atoms. The number of benzene rings is 2. The average Bonchev–Trinajstić information content (AvgIpc) is 2.80. The zero-order chi connectivity index (χ0) is 14.3. The van der Waals surface area contributed by atoms with Crippen molar-refractivity contribution in [2.75, 3.05) is 0 Å². The molecular weight excluding hydrogens is 269 g/mol. The van der Waals surface area contributed by atoms with Crippen LogP contribution in [0.15, 0.2) is 42.5 Å². The maximum absolute atomic E-state index is 13.0. The molecule has 2 N–H and O–H groups in total. The summed E-state index contributed by atoms with van der Waals surface area (Å²) in [5, 5.41) is 9.37. The smallest absolute Gasteiger partial charge is 0.417 e. The second-order valence-electron chi connectivity index (χ2n) is 4.33. The highest BCUT2D eigenvalue weighted by Crippen LogP contribution is 2.36. The number of phenols is 1. The number of hydrogen-bond donors (Lipinski definition) is 2. The predicted octanol–water partition coefficient (Wildman–Crippen LogP) is 3.95. The van der Waals surface area contributed by atoms with Gasteiger partial charge in [-0.2, -0.15) is 13.2 Å². The Bertz CT molecular complexity index is 777. The summed E-state index contributed by atoms with van der Waals surface area (Å²) in [6, 6.07) is 9.63. The normalized spacial score (nSPS) is 11.9. The van der Waals surface area contributed by atoms with Crippen molar-refractivity contribution in [3.8, 4) is 17.1 Å². The number of aromatic amines is 1. The molecule has 0 saturated heterocycles. The molecule has 0 aliphatic carbocycles. The van der Waals surface area contributed by atoms with E-state index in [1.807, 2.05) is 0 Å². The average molecular weight is 278 g/mol. The highest BCUT2D eigenvalue weighted by Gasteiger charge is 2.34. The second kappa shape index (κ2) is 4.26. The van der Waals surface area contributed by atoms with Gasteiger partial charge >= 0.3 is 6.18 Å². The molecule has 0 spiro atoms. The van der Waals surface area contributed by atoms with Crippen molar-refractivity contribution in [1.29, 1.82) is 0 Å². The van der Waals surface area contributed by atoms with Gasteiger partial charge in [0, 0.05) is 11.6 Å². The van der Waals surface area contributed by atoms with Crippen LogP contribution in [0, 0.1) is 0 Å². The molecule has 0 fully saturated rings. The minimum absolute atomic E-state index is 0.0179. The van der Waals surface area contributed by atoms with Crippen molar-refractivity contribution in [3.05, 3.63) is 48.0 Å². The summed E-state index contributed by atoms with van der Waals surface area (Å²) < 4.78 is 38.9. The summed E-state index contributed by atoms with van der Waals surface area (Å²) in [5.74, 6) is 0.148. The summed E-state index contributed by atoms with van der Waals surface area (Å²) >= 11 is 0. The van der Waals surface area contributed by atoms with Crippen LogP contribution < -0.4 is 0 Å². The van der Waals surface area contributed by atoms with Gasteiger partial charge in [-0.3, -0.25) is 0 Å². The number of phenolic OH excluding ortho intramolecular Hbond substituents is 1. The lowest BCUT2D eigenvalue weighted by molar-refractivity contribution is -0.137. The predicted molar refractivity (Wildman–Crippen MR) is 68.2 cm³/mol. The van der Waals surface area contributed by atoms with Gasteiger partial charge in [0.05, 0.1) is 16.6 Å². The monoisotopic (exact) mass is 278 g/mol. The van der Waals surface area contributed by atoms with Gasteiger partial charge in [0.15, 0.2) is 0 Å². The largest absolute Gasteiger partial charge is 0.508 e. The van der Waals surface area contributed by atoms with Gasteiger partial charge in [-0.15, -0.1) is 0 Å². The van der Waals surface area contributed by atoms with E-state index in [0.717, 1.165) is 6.07 Å². The maximum atomic E-state index is 13.0. The molecule has 0 atom stereocenters. The van der Waals surface area contributed by atoms with Crippen LogP contribution in [-0.4, -0.2) is 15.1 Å². The molecular formula is C14H9F3N2O. The van der Waals surface area contributed by atoms with Crippen LogP contribution in [0.1, 0.15) is 5.56 Å². The molecule has 102 valence electrons. The standard InChI is InChI=1S/C14H9F3N2O/c15-14(16,17)10-4-2-1-3-9(10)13-18-11-6-5-8(20)7-12(11)19-13/h1-7,20H,(H,18,19). The third-order valence-electron chi connectivity index (χ3n) is 2.95. The molecule has 20 heavy (non-hydrogen) atoms. The minimum atomic E-state index is -4.45. The Labute approximate surface area is 111 Å². The van der Waals surface area contributed by atoms with Crippen molar-refractivity contribution in [1.82, 2.24) is 9.97 Å². The zero-order valence-electron chi connectivity index (χ0n) is 10.1. The Morgan fingerprint density at radius 1 is 1.05 bits per heavy atom. The molecule has 0 amide bonds. The molecule has 1 aromatic heterocycles. The maximum Gasteiger partial charge on any atom is 0.417 e. The lowest BCUT2D eigenvalue weighted by atomic mass is 10.1. The topological polar surface area (TPSA) is 48.9 Å². The number of imidazole rings is 1. The quantitative estimate of drug-likeness (QED) is 0.708. The van der Waals surface area contributed by atoms with Gasteiger partial charge in [-0.1, -0.05) is 18.2 Å². The highest BCUT2D eigenvalue weighted by atomic mass is 19.4. The summed E-state index contributed by atoms with van der Waals surface area (Å²) in [4.78, 5) is 6.93. The molecule has 1 heterocycles. The van der Waals surface area contributed by atoms with E-state index in [1.54, 1.807) is 6.07 Å². The van der Waals surface area contributed by atoms with Crippen LogP contribution in [0.5, 0.6) is 5.75 Å². The summed E-state index contributed by atoms with van der Waals surface area (Å²) in [6.07, 6.45) is -4.45. The molecule has 3 aromatic rings.